The minimum atomic E-state index is -0.129. The minimum absolute atomic E-state index is 0.0720. The molecule has 0 radical (unpaired) electrons. The number of likely N-dealkylation sites (N-methyl/N-ethyl adjacent to an activating group) is 1. The van der Waals surface area contributed by atoms with E-state index in [0.717, 1.165) is 12.8 Å². The molecule has 100 valence electrons. The maximum absolute atomic E-state index is 11.9. The molecule has 0 spiro atoms. The van der Waals surface area contributed by atoms with E-state index in [9.17, 15) is 4.79 Å². The van der Waals surface area contributed by atoms with Crippen molar-refractivity contribution in [2.24, 2.45) is 0 Å². The highest BCUT2D eigenvalue weighted by Crippen LogP contribution is 2.28. The molecule has 17 heavy (non-hydrogen) atoms. The fourth-order valence-electron chi connectivity index (χ4n) is 2.88. The van der Waals surface area contributed by atoms with Crippen molar-refractivity contribution < 1.29 is 4.79 Å². The zero-order chi connectivity index (χ0) is 13.3. The zero-order valence-corrected chi connectivity index (χ0v) is 12.0. The maximum Gasteiger partial charge on any atom is 0.237 e. The summed E-state index contributed by atoms with van der Waals surface area (Å²) in [7, 11) is 1.81. The lowest BCUT2D eigenvalue weighted by Gasteiger charge is -2.46. The molecule has 1 fully saturated rings. The molecule has 3 N–H and O–H groups in total. The number of amides is 1. The van der Waals surface area contributed by atoms with Crippen LogP contribution in [0.25, 0.3) is 0 Å². The number of carbonyl (C=O) groups is 1. The van der Waals surface area contributed by atoms with Crippen LogP contribution in [0.4, 0.5) is 0 Å². The van der Waals surface area contributed by atoms with Crippen molar-refractivity contribution >= 4 is 5.91 Å². The molecule has 0 aromatic rings. The largest absolute Gasteiger partial charge is 0.352 e. The Kier molecular flexibility index (Phi) is 4.20. The summed E-state index contributed by atoms with van der Waals surface area (Å²) >= 11 is 0. The molecule has 4 nitrogen and oxygen atoms in total. The Labute approximate surface area is 105 Å². The van der Waals surface area contributed by atoms with Crippen molar-refractivity contribution in [3.63, 3.8) is 0 Å². The molecule has 0 aromatic heterocycles. The first-order chi connectivity index (χ1) is 7.65. The summed E-state index contributed by atoms with van der Waals surface area (Å²) < 4.78 is 0. The van der Waals surface area contributed by atoms with Crippen LogP contribution in [0.5, 0.6) is 0 Å². The van der Waals surface area contributed by atoms with E-state index >= 15 is 0 Å². The summed E-state index contributed by atoms with van der Waals surface area (Å²) in [4.78, 5) is 11.9. The summed E-state index contributed by atoms with van der Waals surface area (Å²) in [6, 6.07) is 0.126. The van der Waals surface area contributed by atoms with Crippen LogP contribution >= 0.6 is 0 Å². The van der Waals surface area contributed by atoms with Gasteiger partial charge in [0, 0.05) is 17.1 Å². The highest BCUT2D eigenvalue weighted by Gasteiger charge is 2.38. The van der Waals surface area contributed by atoms with Crippen molar-refractivity contribution in [1.29, 1.82) is 0 Å². The molecule has 1 atom stereocenters. The van der Waals surface area contributed by atoms with Crippen LogP contribution in [0.15, 0.2) is 0 Å². The first kappa shape index (κ1) is 14.5. The number of nitrogens with one attached hydrogen (secondary N) is 3. The Morgan fingerprint density at radius 3 is 2.12 bits per heavy atom. The Balaban J connectivity index is 2.63. The van der Waals surface area contributed by atoms with Gasteiger partial charge in [0.05, 0.1) is 6.04 Å². The van der Waals surface area contributed by atoms with Gasteiger partial charge in [-0.2, -0.15) is 0 Å². The summed E-state index contributed by atoms with van der Waals surface area (Å²) in [5, 5.41) is 9.72. The molecular formula is C13H27N3O. The Hall–Kier alpha value is -0.610. The molecule has 1 aliphatic rings. The lowest BCUT2D eigenvalue weighted by Crippen LogP contribution is -2.63. The third kappa shape index (κ3) is 4.28. The molecule has 1 unspecified atom stereocenters. The summed E-state index contributed by atoms with van der Waals surface area (Å²) in [5.41, 5.74) is 0.144. The van der Waals surface area contributed by atoms with E-state index in [4.69, 9.17) is 0 Å². The van der Waals surface area contributed by atoms with Gasteiger partial charge in [-0.25, -0.2) is 0 Å². The summed E-state index contributed by atoms with van der Waals surface area (Å²) in [6.07, 6.45) is 1.94. The normalized spacial score (nSPS) is 25.3. The van der Waals surface area contributed by atoms with Gasteiger partial charge in [0.2, 0.25) is 5.91 Å². The highest BCUT2D eigenvalue weighted by molar-refractivity contribution is 5.81. The van der Waals surface area contributed by atoms with Crippen LogP contribution < -0.4 is 16.0 Å². The molecule has 1 aliphatic heterocycles. The fraction of sp³-hybridized carbons (Fsp3) is 0.923. The molecule has 0 saturated carbocycles. The summed E-state index contributed by atoms with van der Waals surface area (Å²) in [6.45, 7) is 10.6. The predicted octanol–water partition coefficient (Wildman–Crippen LogP) is 1.02. The van der Waals surface area contributed by atoms with E-state index in [1.165, 1.54) is 0 Å². The van der Waals surface area contributed by atoms with E-state index in [1.807, 2.05) is 6.92 Å². The Morgan fingerprint density at radius 2 is 1.71 bits per heavy atom. The zero-order valence-electron chi connectivity index (χ0n) is 12.0. The average molecular weight is 241 g/mol. The van der Waals surface area contributed by atoms with Gasteiger partial charge in [-0.15, -0.1) is 0 Å². The SMILES string of the molecule is CNC(C)C(=O)NC1CC(C)(C)NC(C)(C)C1. The molecule has 4 heteroatoms. The van der Waals surface area contributed by atoms with Crippen LogP contribution in [0.2, 0.25) is 0 Å². The highest BCUT2D eigenvalue weighted by atomic mass is 16.2. The molecular weight excluding hydrogens is 214 g/mol. The molecule has 1 heterocycles. The average Bonchev–Trinajstić information content (AvgIpc) is 2.11. The van der Waals surface area contributed by atoms with Crippen LogP contribution in [-0.4, -0.2) is 36.1 Å². The molecule has 0 aromatic carbocycles. The van der Waals surface area contributed by atoms with E-state index < -0.39 is 0 Å². The smallest absolute Gasteiger partial charge is 0.237 e. The number of hydrogen-bond acceptors (Lipinski definition) is 3. The molecule has 1 rings (SSSR count). The molecule has 0 aliphatic carbocycles. The first-order valence-corrected chi connectivity index (χ1v) is 6.42. The van der Waals surface area contributed by atoms with Gasteiger partial charge in [-0.05, 0) is 54.5 Å². The standard InChI is InChI=1S/C13H27N3O/c1-9(14-6)11(17)15-10-7-12(2,3)16-13(4,5)8-10/h9-10,14,16H,7-8H2,1-6H3,(H,15,17). The number of piperidine rings is 1. The topological polar surface area (TPSA) is 53.2 Å². The third-order valence-electron chi connectivity index (χ3n) is 3.36. The van der Waals surface area contributed by atoms with Gasteiger partial charge >= 0.3 is 0 Å². The predicted molar refractivity (Wildman–Crippen MR) is 71.0 cm³/mol. The van der Waals surface area contributed by atoms with Crippen LogP contribution in [0.1, 0.15) is 47.5 Å². The van der Waals surface area contributed by atoms with Crippen molar-refractivity contribution in [2.75, 3.05) is 7.05 Å². The molecule has 1 saturated heterocycles. The van der Waals surface area contributed by atoms with Gasteiger partial charge in [0.25, 0.3) is 0 Å². The van der Waals surface area contributed by atoms with Crippen molar-refractivity contribution in [3.05, 3.63) is 0 Å². The molecule has 0 bridgehead atoms. The molecule has 1 amide bonds. The van der Waals surface area contributed by atoms with Gasteiger partial charge < -0.3 is 16.0 Å². The van der Waals surface area contributed by atoms with Crippen LogP contribution in [0.3, 0.4) is 0 Å². The van der Waals surface area contributed by atoms with Gasteiger partial charge in [0.15, 0.2) is 0 Å². The van der Waals surface area contributed by atoms with Crippen molar-refractivity contribution in [3.8, 4) is 0 Å². The Bertz CT molecular complexity index is 270. The van der Waals surface area contributed by atoms with E-state index in [2.05, 4.69) is 43.6 Å². The number of rotatable bonds is 3. The second-order valence-corrected chi connectivity index (χ2v) is 6.52. The first-order valence-electron chi connectivity index (χ1n) is 6.42. The maximum atomic E-state index is 11.9. The third-order valence-corrected chi connectivity index (χ3v) is 3.36. The van der Waals surface area contributed by atoms with E-state index in [1.54, 1.807) is 7.05 Å². The van der Waals surface area contributed by atoms with E-state index in [0.29, 0.717) is 0 Å². The van der Waals surface area contributed by atoms with Crippen LogP contribution in [-0.2, 0) is 4.79 Å². The van der Waals surface area contributed by atoms with Crippen LogP contribution in [0, 0.1) is 0 Å². The van der Waals surface area contributed by atoms with Gasteiger partial charge in [-0.3, -0.25) is 4.79 Å². The number of hydrogen-bond donors (Lipinski definition) is 3. The van der Waals surface area contributed by atoms with Gasteiger partial charge in [0.1, 0.15) is 0 Å². The second kappa shape index (κ2) is 4.94. The minimum Gasteiger partial charge on any atom is -0.352 e. The monoisotopic (exact) mass is 241 g/mol. The van der Waals surface area contributed by atoms with E-state index in [-0.39, 0.29) is 29.1 Å². The number of carbonyl (C=O) groups excluding carboxylic acids is 1. The Morgan fingerprint density at radius 1 is 1.24 bits per heavy atom. The lowest BCUT2D eigenvalue weighted by molar-refractivity contribution is -0.123. The quantitative estimate of drug-likeness (QED) is 0.691. The summed E-state index contributed by atoms with van der Waals surface area (Å²) in [5.74, 6) is 0.0889. The van der Waals surface area contributed by atoms with Crippen molar-refractivity contribution in [2.45, 2.75) is 70.6 Å². The fourth-order valence-corrected chi connectivity index (χ4v) is 2.88. The second-order valence-electron chi connectivity index (χ2n) is 6.52. The van der Waals surface area contributed by atoms with Gasteiger partial charge in [-0.1, -0.05) is 0 Å². The lowest BCUT2D eigenvalue weighted by atomic mass is 9.79. The van der Waals surface area contributed by atoms with Crippen molar-refractivity contribution in [1.82, 2.24) is 16.0 Å².